The van der Waals surface area contributed by atoms with E-state index in [1.54, 1.807) is 6.07 Å². The van der Waals surface area contributed by atoms with Crippen molar-refractivity contribution in [2.75, 3.05) is 6.61 Å². The molecule has 0 amide bonds. The van der Waals surface area contributed by atoms with Crippen molar-refractivity contribution in [2.45, 2.75) is 32.0 Å². The van der Waals surface area contributed by atoms with E-state index in [9.17, 15) is 9.18 Å². The molecule has 0 bridgehead atoms. The third-order valence-corrected chi connectivity index (χ3v) is 3.35. The predicted octanol–water partition coefficient (Wildman–Crippen LogP) is 3.10. The van der Waals surface area contributed by atoms with Gasteiger partial charge in [0.25, 0.3) is 0 Å². The summed E-state index contributed by atoms with van der Waals surface area (Å²) in [5.74, 6) is 0.253. The molecule has 2 atom stereocenters. The average Bonchev–Trinajstić information content (AvgIpc) is 2.32. The molecule has 0 saturated heterocycles. The van der Waals surface area contributed by atoms with E-state index in [2.05, 4.69) is 15.9 Å². The summed E-state index contributed by atoms with van der Waals surface area (Å²) in [6.45, 7) is 2.52. The lowest BCUT2D eigenvalue weighted by atomic mass is 9.90. The Morgan fingerprint density at radius 1 is 1.50 bits per heavy atom. The lowest BCUT2D eigenvalue weighted by Gasteiger charge is -2.34. The van der Waals surface area contributed by atoms with Crippen LogP contribution in [0.15, 0.2) is 22.7 Å². The minimum absolute atomic E-state index is 0.0617. The first kappa shape index (κ1) is 13.5. The van der Waals surface area contributed by atoms with Gasteiger partial charge in [-0.05, 0) is 40.5 Å². The van der Waals surface area contributed by atoms with Crippen LogP contribution in [0.2, 0.25) is 0 Å². The maximum atomic E-state index is 12.9. The molecule has 0 radical (unpaired) electrons. The van der Waals surface area contributed by atoms with E-state index in [1.807, 2.05) is 6.92 Å². The second-order valence-electron chi connectivity index (χ2n) is 4.19. The van der Waals surface area contributed by atoms with Gasteiger partial charge in [0.15, 0.2) is 11.9 Å². The molecule has 3 nitrogen and oxygen atoms in total. The van der Waals surface area contributed by atoms with Crippen LogP contribution in [0, 0.1) is 5.82 Å². The van der Waals surface area contributed by atoms with Gasteiger partial charge in [-0.2, -0.15) is 0 Å². The summed E-state index contributed by atoms with van der Waals surface area (Å²) in [4.78, 5) is 11.4. The Morgan fingerprint density at radius 2 is 2.28 bits per heavy atom. The van der Waals surface area contributed by atoms with Gasteiger partial charge >= 0.3 is 0 Å². The molecule has 1 aromatic rings. The van der Waals surface area contributed by atoms with Crippen molar-refractivity contribution in [1.82, 2.24) is 0 Å². The number of hydrogen-bond donors (Lipinski definition) is 0. The molecule has 1 saturated carbocycles. The molecule has 18 heavy (non-hydrogen) atoms. The topological polar surface area (TPSA) is 35.5 Å². The standard InChI is InChI=1S/C13H14BrFO3/c1-2-5-17-13-10(16)7-12(13)18-11-4-3-8(15)6-9(11)14/h3-4,6,12-13H,2,5,7H2,1H3. The van der Waals surface area contributed by atoms with Crippen molar-refractivity contribution in [2.24, 2.45) is 0 Å². The van der Waals surface area contributed by atoms with Crippen molar-refractivity contribution >= 4 is 21.7 Å². The fourth-order valence-corrected chi connectivity index (χ4v) is 2.20. The molecule has 0 aromatic heterocycles. The van der Waals surface area contributed by atoms with E-state index in [0.717, 1.165) is 6.42 Å². The molecule has 0 aliphatic heterocycles. The van der Waals surface area contributed by atoms with Gasteiger partial charge < -0.3 is 9.47 Å². The van der Waals surface area contributed by atoms with Gasteiger partial charge in [0, 0.05) is 13.0 Å². The first-order chi connectivity index (χ1) is 8.61. The van der Waals surface area contributed by atoms with E-state index >= 15 is 0 Å². The number of halogens is 2. The minimum atomic E-state index is -0.484. The Hall–Kier alpha value is -0.940. The Kier molecular flexibility index (Phi) is 4.35. The molecule has 5 heteroatoms. The summed E-state index contributed by atoms with van der Waals surface area (Å²) in [6, 6.07) is 4.19. The Labute approximate surface area is 113 Å². The third kappa shape index (κ3) is 2.90. The smallest absolute Gasteiger partial charge is 0.169 e. The number of benzene rings is 1. The molecule has 0 heterocycles. The highest BCUT2D eigenvalue weighted by Gasteiger charge is 2.42. The highest BCUT2D eigenvalue weighted by atomic mass is 79.9. The lowest BCUT2D eigenvalue weighted by Crippen LogP contribution is -2.52. The van der Waals surface area contributed by atoms with Crippen LogP contribution < -0.4 is 4.74 Å². The Morgan fingerprint density at radius 3 is 2.89 bits per heavy atom. The van der Waals surface area contributed by atoms with Crippen LogP contribution in [-0.2, 0) is 9.53 Å². The summed E-state index contributed by atoms with van der Waals surface area (Å²) in [7, 11) is 0. The maximum absolute atomic E-state index is 12.9. The summed E-state index contributed by atoms with van der Waals surface area (Å²) in [6.07, 6.45) is 0.447. The Balaban J connectivity index is 1.99. The fourth-order valence-electron chi connectivity index (χ4n) is 1.75. The van der Waals surface area contributed by atoms with Crippen molar-refractivity contribution in [3.63, 3.8) is 0 Å². The SMILES string of the molecule is CCCOC1C(=O)CC1Oc1ccc(F)cc1Br. The molecule has 98 valence electrons. The van der Waals surface area contributed by atoms with Crippen molar-refractivity contribution < 1.29 is 18.7 Å². The highest BCUT2D eigenvalue weighted by Crippen LogP contribution is 2.31. The van der Waals surface area contributed by atoms with E-state index in [-0.39, 0.29) is 17.7 Å². The first-order valence-electron chi connectivity index (χ1n) is 5.88. The third-order valence-electron chi connectivity index (χ3n) is 2.73. The van der Waals surface area contributed by atoms with Gasteiger partial charge in [0.2, 0.25) is 0 Å². The molecule has 1 aliphatic rings. The van der Waals surface area contributed by atoms with Crippen LogP contribution in [0.25, 0.3) is 0 Å². The van der Waals surface area contributed by atoms with Gasteiger partial charge in [-0.1, -0.05) is 6.92 Å². The number of carbonyl (C=O) groups excluding carboxylic acids is 1. The van der Waals surface area contributed by atoms with Crippen LogP contribution in [0.4, 0.5) is 4.39 Å². The molecule has 2 unspecified atom stereocenters. The van der Waals surface area contributed by atoms with Gasteiger partial charge in [0.05, 0.1) is 4.47 Å². The van der Waals surface area contributed by atoms with Crippen LogP contribution in [-0.4, -0.2) is 24.6 Å². The number of carbonyl (C=O) groups is 1. The van der Waals surface area contributed by atoms with Crippen molar-refractivity contribution in [1.29, 1.82) is 0 Å². The van der Waals surface area contributed by atoms with Crippen LogP contribution in [0.3, 0.4) is 0 Å². The summed E-state index contributed by atoms with van der Waals surface area (Å²) in [5, 5.41) is 0. The molecule has 1 fully saturated rings. The summed E-state index contributed by atoms with van der Waals surface area (Å²) < 4.78 is 24.5. The highest BCUT2D eigenvalue weighted by molar-refractivity contribution is 9.10. The van der Waals surface area contributed by atoms with Gasteiger partial charge in [-0.25, -0.2) is 4.39 Å². The van der Waals surface area contributed by atoms with E-state index in [1.165, 1.54) is 12.1 Å². The monoisotopic (exact) mass is 316 g/mol. The van der Waals surface area contributed by atoms with Gasteiger partial charge in [0.1, 0.15) is 17.7 Å². The zero-order valence-electron chi connectivity index (χ0n) is 9.99. The largest absolute Gasteiger partial charge is 0.486 e. The van der Waals surface area contributed by atoms with E-state index in [0.29, 0.717) is 23.2 Å². The molecule has 0 spiro atoms. The quantitative estimate of drug-likeness (QED) is 0.837. The zero-order chi connectivity index (χ0) is 13.1. The number of ether oxygens (including phenoxy) is 2. The average molecular weight is 317 g/mol. The van der Waals surface area contributed by atoms with Crippen LogP contribution >= 0.6 is 15.9 Å². The summed E-state index contributed by atoms with van der Waals surface area (Å²) in [5.41, 5.74) is 0. The van der Waals surface area contributed by atoms with Crippen LogP contribution in [0.1, 0.15) is 19.8 Å². The van der Waals surface area contributed by atoms with Crippen molar-refractivity contribution in [3.8, 4) is 5.75 Å². The normalized spacial score (nSPS) is 22.7. The maximum Gasteiger partial charge on any atom is 0.169 e. The zero-order valence-corrected chi connectivity index (χ0v) is 11.6. The van der Waals surface area contributed by atoms with Crippen molar-refractivity contribution in [3.05, 3.63) is 28.5 Å². The first-order valence-corrected chi connectivity index (χ1v) is 6.67. The number of hydrogen-bond acceptors (Lipinski definition) is 3. The molecular weight excluding hydrogens is 303 g/mol. The second kappa shape index (κ2) is 5.80. The van der Waals surface area contributed by atoms with Crippen LogP contribution in [0.5, 0.6) is 5.75 Å². The molecular formula is C13H14BrFO3. The predicted molar refractivity (Wildman–Crippen MR) is 68.2 cm³/mol. The summed E-state index contributed by atoms with van der Waals surface area (Å²) >= 11 is 3.23. The van der Waals surface area contributed by atoms with Gasteiger partial charge in [-0.3, -0.25) is 4.79 Å². The van der Waals surface area contributed by atoms with E-state index in [4.69, 9.17) is 9.47 Å². The number of rotatable bonds is 5. The molecule has 1 aliphatic carbocycles. The molecule has 1 aromatic carbocycles. The van der Waals surface area contributed by atoms with E-state index < -0.39 is 6.10 Å². The number of ketones is 1. The lowest BCUT2D eigenvalue weighted by molar-refractivity contribution is -0.154. The minimum Gasteiger partial charge on any atom is -0.486 e. The number of Topliss-reactive ketones (excluding diaryl/α,β-unsaturated/α-hetero) is 1. The fraction of sp³-hybridized carbons (Fsp3) is 0.462. The Bertz CT molecular complexity index is 450. The van der Waals surface area contributed by atoms with Gasteiger partial charge in [-0.15, -0.1) is 0 Å². The molecule has 0 N–H and O–H groups in total. The second-order valence-corrected chi connectivity index (χ2v) is 5.05. The molecule has 2 rings (SSSR count).